The Morgan fingerprint density at radius 3 is 2.76 bits per heavy atom. The van der Waals surface area contributed by atoms with E-state index in [0.717, 1.165) is 11.3 Å². The summed E-state index contributed by atoms with van der Waals surface area (Å²) in [6.45, 7) is 0. The summed E-state index contributed by atoms with van der Waals surface area (Å²) >= 11 is 0. The van der Waals surface area contributed by atoms with Crippen LogP contribution in [0.3, 0.4) is 0 Å². The number of carbonyl (C=O) groups excluding carboxylic acids is 1. The van der Waals surface area contributed by atoms with E-state index >= 15 is 0 Å². The number of carbonyl (C=O) groups is 1. The average molecular weight is 333 g/mol. The second-order valence-corrected chi connectivity index (χ2v) is 5.57. The van der Waals surface area contributed by atoms with Gasteiger partial charge in [-0.15, -0.1) is 0 Å². The van der Waals surface area contributed by atoms with Crippen LogP contribution in [0.15, 0.2) is 67.0 Å². The first-order chi connectivity index (χ1) is 12.3. The van der Waals surface area contributed by atoms with Crippen LogP contribution in [0, 0.1) is 0 Å². The second-order valence-electron chi connectivity index (χ2n) is 5.57. The van der Waals surface area contributed by atoms with Gasteiger partial charge < -0.3 is 14.8 Å². The lowest BCUT2D eigenvalue weighted by Gasteiger charge is -2.12. The number of aromatic nitrogens is 2. The first-order valence-electron chi connectivity index (χ1n) is 7.88. The highest BCUT2D eigenvalue weighted by atomic mass is 16.5. The Kier molecular flexibility index (Phi) is 4.00. The minimum absolute atomic E-state index is 0.190. The molecule has 2 aromatic carbocycles. The largest absolute Gasteiger partial charge is 0.480 e. The second kappa shape index (κ2) is 6.60. The highest BCUT2D eigenvalue weighted by Gasteiger charge is 2.28. The van der Waals surface area contributed by atoms with Crippen molar-refractivity contribution >= 4 is 11.6 Å². The summed E-state index contributed by atoms with van der Waals surface area (Å²) in [6, 6.07) is 16.7. The average Bonchev–Trinajstić information content (AvgIpc) is 3.07. The molecule has 0 spiro atoms. The van der Waals surface area contributed by atoms with E-state index in [4.69, 9.17) is 9.47 Å². The van der Waals surface area contributed by atoms with Crippen LogP contribution in [0.5, 0.6) is 17.5 Å². The first-order valence-corrected chi connectivity index (χ1v) is 7.88. The Labute approximate surface area is 144 Å². The summed E-state index contributed by atoms with van der Waals surface area (Å²) in [4.78, 5) is 20.5. The fraction of sp³-hybridized carbons (Fsp3) is 0.105. The zero-order valence-electron chi connectivity index (χ0n) is 13.3. The number of ether oxygens (including phenoxy) is 2. The molecule has 1 aliphatic rings. The van der Waals surface area contributed by atoms with Gasteiger partial charge in [0.1, 0.15) is 11.5 Å². The van der Waals surface area contributed by atoms with Gasteiger partial charge in [-0.1, -0.05) is 24.3 Å². The SMILES string of the molecule is O=C(Nc1cccc(Oc2ncccn2)c1)C1Cc2ccccc2O1. The number of fused-ring (bicyclic) bond motifs is 1. The monoisotopic (exact) mass is 333 g/mol. The lowest BCUT2D eigenvalue weighted by atomic mass is 10.1. The van der Waals surface area contributed by atoms with Crippen LogP contribution in [0.25, 0.3) is 0 Å². The highest BCUT2D eigenvalue weighted by molar-refractivity contribution is 5.95. The van der Waals surface area contributed by atoms with E-state index in [-0.39, 0.29) is 11.9 Å². The van der Waals surface area contributed by atoms with Crippen molar-refractivity contribution in [1.29, 1.82) is 0 Å². The number of para-hydroxylation sites is 1. The molecule has 0 aliphatic carbocycles. The van der Waals surface area contributed by atoms with Crippen molar-refractivity contribution in [2.75, 3.05) is 5.32 Å². The summed E-state index contributed by atoms with van der Waals surface area (Å²) in [5, 5.41) is 2.86. The molecule has 2 heterocycles. The van der Waals surface area contributed by atoms with Gasteiger partial charge in [-0.25, -0.2) is 9.97 Å². The Bertz CT molecular complexity index is 874. The molecule has 4 rings (SSSR count). The number of nitrogens with zero attached hydrogens (tertiary/aromatic N) is 2. The van der Waals surface area contributed by atoms with E-state index in [9.17, 15) is 4.79 Å². The standard InChI is InChI=1S/C19H15N3O3/c23-18(17-11-13-5-1-2-8-16(13)25-17)22-14-6-3-7-15(12-14)24-19-20-9-4-10-21-19/h1-10,12,17H,11H2,(H,22,23). The summed E-state index contributed by atoms with van der Waals surface area (Å²) in [7, 11) is 0. The lowest BCUT2D eigenvalue weighted by Crippen LogP contribution is -2.31. The van der Waals surface area contributed by atoms with Gasteiger partial charge in [-0.3, -0.25) is 4.79 Å². The molecule has 124 valence electrons. The van der Waals surface area contributed by atoms with Crippen molar-refractivity contribution in [3.05, 3.63) is 72.6 Å². The smallest absolute Gasteiger partial charge is 0.321 e. The van der Waals surface area contributed by atoms with Crippen molar-refractivity contribution in [3.8, 4) is 17.5 Å². The number of rotatable bonds is 4. The fourth-order valence-corrected chi connectivity index (χ4v) is 2.63. The molecule has 6 heteroatoms. The van der Waals surface area contributed by atoms with Crippen LogP contribution in [0.1, 0.15) is 5.56 Å². The maximum absolute atomic E-state index is 12.5. The summed E-state index contributed by atoms with van der Waals surface area (Å²) < 4.78 is 11.3. The van der Waals surface area contributed by atoms with E-state index in [1.54, 1.807) is 42.7 Å². The fourth-order valence-electron chi connectivity index (χ4n) is 2.63. The van der Waals surface area contributed by atoms with Crippen LogP contribution in [-0.2, 0) is 11.2 Å². The van der Waals surface area contributed by atoms with Gasteiger partial charge in [0.05, 0.1) is 0 Å². The predicted molar refractivity (Wildman–Crippen MR) is 91.7 cm³/mol. The molecular weight excluding hydrogens is 318 g/mol. The van der Waals surface area contributed by atoms with Gasteiger partial charge in [-0.05, 0) is 29.8 Å². The van der Waals surface area contributed by atoms with E-state index in [2.05, 4.69) is 15.3 Å². The van der Waals surface area contributed by atoms with Crippen molar-refractivity contribution in [3.63, 3.8) is 0 Å². The maximum atomic E-state index is 12.5. The molecule has 0 saturated carbocycles. The summed E-state index contributed by atoms with van der Waals surface area (Å²) in [6.07, 6.45) is 3.24. The molecule has 0 fully saturated rings. The molecule has 25 heavy (non-hydrogen) atoms. The molecule has 1 amide bonds. The van der Waals surface area contributed by atoms with E-state index in [1.165, 1.54) is 0 Å². The maximum Gasteiger partial charge on any atom is 0.321 e. The first kappa shape index (κ1) is 15.1. The zero-order chi connectivity index (χ0) is 17.1. The van der Waals surface area contributed by atoms with Crippen LogP contribution in [0.4, 0.5) is 5.69 Å². The Morgan fingerprint density at radius 1 is 1.08 bits per heavy atom. The van der Waals surface area contributed by atoms with Gasteiger partial charge in [0.25, 0.3) is 5.91 Å². The van der Waals surface area contributed by atoms with Crippen molar-refractivity contribution in [1.82, 2.24) is 9.97 Å². The summed E-state index contributed by atoms with van der Waals surface area (Å²) in [5.41, 5.74) is 1.67. The molecule has 0 radical (unpaired) electrons. The molecule has 1 unspecified atom stereocenters. The number of amides is 1. The molecule has 0 bridgehead atoms. The molecular formula is C19H15N3O3. The molecule has 1 aromatic heterocycles. The van der Waals surface area contributed by atoms with Gasteiger partial charge in [0, 0.05) is 30.6 Å². The van der Waals surface area contributed by atoms with Gasteiger partial charge in [-0.2, -0.15) is 0 Å². The minimum atomic E-state index is -0.528. The van der Waals surface area contributed by atoms with Gasteiger partial charge in [0.2, 0.25) is 0 Å². The van der Waals surface area contributed by atoms with Crippen LogP contribution in [0.2, 0.25) is 0 Å². The number of benzene rings is 2. The molecule has 1 atom stereocenters. The van der Waals surface area contributed by atoms with Crippen molar-refractivity contribution < 1.29 is 14.3 Å². The quantitative estimate of drug-likeness (QED) is 0.793. The Balaban J connectivity index is 1.43. The van der Waals surface area contributed by atoms with E-state index in [1.807, 2.05) is 24.3 Å². The zero-order valence-corrected chi connectivity index (χ0v) is 13.3. The Morgan fingerprint density at radius 2 is 1.92 bits per heavy atom. The van der Waals surface area contributed by atoms with E-state index in [0.29, 0.717) is 17.9 Å². The van der Waals surface area contributed by atoms with Crippen LogP contribution >= 0.6 is 0 Å². The third kappa shape index (κ3) is 3.42. The number of nitrogens with one attached hydrogen (secondary N) is 1. The normalized spacial score (nSPS) is 15.1. The third-order valence-corrected chi connectivity index (χ3v) is 3.79. The van der Waals surface area contributed by atoms with Gasteiger partial charge in [0.15, 0.2) is 6.10 Å². The van der Waals surface area contributed by atoms with Crippen LogP contribution < -0.4 is 14.8 Å². The minimum Gasteiger partial charge on any atom is -0.480 e. The third-order valence-electron chi connectivity index (χ3n) is 3.79. The number of anilines is 1. The molecule has 0 saturated heterocycles. The number of hydrogen-bond donors (Lipinski definition) is 1. The molecule has 3 aromatic rings. The van der Waals surface area contributed by atoms with Crippen molar-refractivity contribution in [2.24, 2.45) is 0 Å². The van der Waals surface area contributed by atoms with E-state index < -0.39 is 6.10 Å². The molecule has 1 aliphatic heterocycles. The molecule has 6 nitrogen and oxygen atoms in total. The topological polar surface area (TPSA) is 73.3 Å². The predicted octanol–water partition coefficient (Wildman–Crippen LogP) is 3.21. The highest BCUT2D eigenvalue weighted by Crippen LogP contribution is 2.29. The van der Waals surface area contributed by atoms with Crippen LogP contribution in [-0.4, -0.2) is 22.0 Å². The lowest BCUT2D eigenvalue weighted by molar-refractivity contribution is -0.122. The van der Waals surface area contributed by atoms with Crippen molar-refractivity contribution in [2.45, 2.75) is 12.5 Å². The Hall–Kier alpha value is -3.41. The molecule has 1 N–H and O–H groups in total. The van der Waals surface area contributed by atoms with Gasteiger partial charge >= 0.3 is 6.01 Å². The number of hydrogen-bond acceptors (Lipinski definition) is 5. The summed E-state index contributed by atoms with van der Waals surface area (Å²) in [5.74, 6) is 1.12.